The number of nitrogens with zero attached hydrogens (tertiary/aromatic N) is 3. The van der Waals surface area contributed by atoms with Crippen LogP contribution in [0.15, 0.2) is 23.3 Å². The molecule has 1 aliphatic rings. The first-order chi connectivity index (χ1) is 19.1. The van der Waals surface area contributed by atoms with Crippen LogP contribution in [0, 0.1) is 17.8 Å². The van der Waals surface area contributed by atoms with Crippen LogP contribution in [0.2, 0.25) is 0 Å². The third-order valence-electron chi connectivity index (χ3n) is 6.03. The Kier molecular flexibility index (Phi) is 12.6. The van der Waals surface area contributed by atoms with Gasteiger partial charge in [-0.25, -0.2) is 4.79 Å². The highest BCUT2D eigenvalue weighted by atomic mass is 16.7. The van der Waals surface area contributed by atoms with Gasteiger partial charge < -0.3 is 39.0 Å². The summed E-state index contributed by atoms with van der Waals surface area (Å²) >= 11 is 0. The van der Waals surface area contributed by atoms with Crippen LogP contribution in [0.25, 0.3) is 10.4 Å². The van der Waals surface area contributed by atoms with Gasteiger partial charge in [-0.05, 0) is 23.6 Å². The van der Waals surface area contributed by atoms with Crippen molar-refractivity contribution < 1.29 is 63.0 Å². The first-order valence-corrected chi connectivity index (χ1v) is 12.0. The summed E-state index contributed by atoms with van der Waals surface area (Å²) in [5.74, 6) is -8.63. The molecule has 16 heteroatoms. The van der Waals surface area contributed by atoms with Gasteiger partial charge in [-0.15, -0.1) is 0 Å². The van der Waals surface area contributed by atoms with Crippen molar-refractivity contribution >= 4 is 30.2 Å². The molecule has 1 aromatic carbocycles. The smallest absolute Gasteiger partial charge is 0.335 e. The van der Waals surface area contributed by atoms with Crippen LogP contribution in [-0.2, 0) is 33.4 Å². The van der Waals surface area contributed by atoms with Crippen molar-refractivity contribution in [2.75, 3.05) is 33.5 Å². The summed E-state index contributed by atoms with van der Waals surface area (Å²) in [5.41, 5.74) is 8.26. The Morgan fingerprint density at radius 3 is 2.25 bits per heavy atom. The van der Waals surface area contributed by atoms with Crippen molar-refractivity contribution in [3.05, 3.63) is 34.2 Å². The molecule has 0 unspecified atom stereocenters. The van der Waals surface area contributed by atoms with Crippen molar-refractivity contribution in [3.8, 4) is 11.5 Å². The molecule has 16 nitrogen and oxygen atoms in total. The van der Waals surface area contributed by atoms with Crippen LogP contribution in [0.4, 0.5) is 0 Å². The van der Waals surface area contributed by atoms with E-state index in [1.807, 2.05) is 0 Å². The molecule has 0 bridgehead atoms. The maximum atomic E-state index is 12.6. The number of carboxylic acids is 3. The maximum absolute atomic E-state index is 12.6. The quantitative estimate of drug-likeness (QED) is 0.0607. The second-order valence-corrected chi connectivity index (χ2v) is 8.58. The zero-order chi connectivity index (χ0) is 29.7. The van der Waals surface area contributed by atoms with Gasteiger partial charge in [-0.2, -0.15) is 0 Å². The van der Waals surface area contributed by atoms with Gasteiger partial charge >= 0.3 is 23.9 Å². The lowest BCUT2D eigenvalue weighted by molar-refractivity contribution is -0.233. The minimum Gasteiger partial charge on any atom is -0.491 e. The number of aldehydes is 1. The predicted molar refractivity (Wildman–Crippen MR) is 131 cm³/mol. The van der Waals surface area contributed by atoms with Gasteiger partial charge in [0.15, 0.2) is 12.4 Å². The number of hydrogen-bond acceptors (Lipinski definition) is 11. The Hall–Kier alpha value is -4.40. The van der Waals surface area contributed by atoms with E-state index in [9.17, 15) is 39.3 Å². The average molecular weight is 568 g/mol. The standard InChI is InChI=1S/C24H29N3O13/c1-36-23(35)22-16(10-20(31)32)15(9-19(29)30)17(11-21(33)34)24(40-22)39-18-8-14(3-2-13(18)12-28)38-7-6-37-5-4-26-27-25/h2-3,8,12,15-17,22,24H,4-7,9-11H2,1H3,(H,29,30)(H,31,32)(H,33,34)/t15-,16-,17+,22-,24+/m0/s1. The summed E-state index contributed by atoms with van der Waals surface area (Å²) in [6.07, 6.45) is -4.79. The molecule has 1 aromatic rings. The summed E-state index contributed by atoms with van der Waals surface area (Å²) in [6, 6.07) is 4.13. The molecule has 40 heavy (non-hydrogen) atoms. The number of carboxylic acid groups (broad SMARTS) is 3. The molecule has 0 aliphatic carbocycles. The van der Waals surface area contributed by atoms with Crippen LogP contribution in [0.5, 0.6) is 11.5 Å². The summed E-state index contributed by atoms with van der Waals surface area (Å²) in [6.45, 7) is 0.531. The van der Waals surface area contributed by atoms with Crippen molar-refractivity contribution in [1.82, 2.24) is 0 Å². The van der Waals surface area contributed by atoms with Crippen LogP contribution < -0.4 is 9.47 Å². The lowest BCUT2D eigenvalue weighted by Gasteiger charge is -2.44. The first-order valence-electron chi connectivity index (χ1n) is 12.0. The molecule has 218 valence electrons. The van der Waals surface area contributed by atoms with E-state index in [0.29, 0.717) is 6.29 Å². The second-order valence-electron chi connectivity index (χ2n) is 8.58. The van der Waals surface area contributed by atoms with E-state index in [2.05, 4.69) is 10.0 Å². The molecular formula is C24H29N3O13. The van der Waals surface area contributed by atoms with E-state index < -0.39 is 73.3 Å². The molecule has 0 amide bonds. The number of carbonyl (C=O) groups is 5. The fourth-order valence-corrected chi connectivity index (χ4v) is 4.37. The van der Waals surface area contributed by atoms with E-state index >= 15 is 0 Å². The van der Waals surface area contributed by atoms with Crippen molar-refractivity contribution in [1.29, 1.82) is 0 Å². The van der Waals surface area contributed by atoms with Crippen molar-refractivity contribution in [2.45, 2.75) is 31.7 Å². The lowest BCUT2D eigenvalue weighted by atomic mass is 9.71. The van der Waals surface area contributed by atoms with Crippen LogP contribution in [0.3, 0.4) is 0 Å². The fourth-order valence-electron chi connectivity index (χ4n) is 4.37. The number of hydrogen-bond donors (Lipinski definition) is 3. The number of benzene rings is 1. The molecule has 2 rings (SSSR count). The summed E-state index contributed by atoms with van der Waals surface area (Å²) in [5, 5.41) is 31.8. The molecule has 1 fully saturated rings. The van der Waals surface area contributed by atoms with E-state index in [0.717, 1.165) is 7.11 Å². The van der Waals surface area contributed by atoms with E-state index in [1.165, 1.54) is 18.2 Å². The number of carbonyl (C=O) groups excluding carboxylic acids is 2. The molecule has 1 aliphatic heterocycles. The Morgan fingerprint density at radius 2 is 1.65 bits per heavy atom. The zero-order valence-electron chi connectivity index (χ0n) is 21.4. The molecule has 0 radical (unpaired) electrons. The SMILES string of the molecule is COC(=O)[C@H]1O[C@@H](Oc2cc(OCCOCCN=[N+]=[N-])ccc2C=O)[C@H](CC(=O)O)[C@@H](CC(=O)O)[C@@H]1CC(=O)O. The van der Waals surface area contributed by atoms with Gasteiger partial charge in [0, 0.05) is 35.8 Å². The Labute approximate surface area is 227 Å². The number of rotatable bonds is 17. The lowest BCUT2D eigenvalue weighted by Crippen LogP contribution is -2.54. The Bertz CT molecular complexity index is 1120. The third kappa shape index (κ3) is 9.41. The number of methoxy groups -OCH3 is 1. The highest BCUT2D eigenvalue weighted by molar-refractivity contribution is 5.80. The highest BCUT2D eigenvalue weighted by Gasteiger charge is 2.51. The molecule has 1 saturated heterocycles. The fraction of sp³-hybridized carbons (Fsp3) is 0.542. The number of ether oxygens (including phenoxy) is 5. The number of esters is 1. The van der Waals surface area contributed by atoms with Crippen molar-refractivity contribution in [3.63, 3.8) is 0 Å². The van der Waals surface area contributed by atoms with Gasteiger partial charge in [-0.3, -0.25) is 19.2 Å². The van der Waals surface area contributed by atoms with Crippen LogP contribution >= 0.6 is 0 Å². The van der Waals surface area contributed by atoms with E-state index in [-0.39, 0.29) is 43.4 Å². The predicted octanol–water partition coefficient (Wildman–Crippen LogP) is 1.75. The maximum Gasteiger partial charge on any atom is 0.335 e. The minimum atomic E-state index is -1.60. The van der Waals surface area contributed by atoms with Gasteiger partial charge in [0.25, 0.3) is 0 Å². The second kappa shape index (κ2) is 15.9. The largest absolute Gasteiger partial charge is 0.491 e. The summed E-state index contributed by atoms with van der Waals surface area (Å²) in [7, 11) is 1.03. The normalized spacial score (nSPS) is 21.9. The zero-order valence-corrected chi connectivity index (χ0v) is 21.4. The first kappa shape index (κ1) is 31.8. The molecule has 3 N–H and O–H groups in total. The van der Waals surface area contributed by atoms with Crippen LogP contribution in [-0.4, -0.2) is 91.4 Å². The Balaban J connectivity index is 2.38. The molecule has 0 spiro atoms. The van der Waals surface area contributed by atoms with Crippen LogP contribution in [0.1, 0.15) is 29.6 Å². The molecule has 1 heterocycles. The number of aliphatic carboxylic acids is 3. The van der Waals surface area contributed by atoms with E-state index in [1.54, 1.807) is 0 Å². The van der Waals surface area contributed by atoms with Gasteiger partial charge in [-0.1, -0.05) is 5.11 Å². The monoisotopic (exact) mass is 567 g/mol. The van der Waals surface area contributed by atoms with E-state index in [4.69, 9.17) is 29.2 Å². The molecule has 5 atom stereocenters. The van der Waals surface area contributed by atoms with Gasteiger partial charge in [0.05, 0.1) is 38.7 Å². The molecule has 0 aromatic heterocycles. The molecular weight excluding hydrogens is 538 g/mol. The van der Waals surface area contributed by atoms with Crippen molar-refractivity contribution in [2.24, 2.45) is 22.9 Å². The highest BCUT2D eigenvalue weighted by Crippen LogP contribution is 2.43. The summed E-state index contributed by atoms with van der Waals surface area (Å²) < 4.78 is 27.2. The Morgan fingerprint density at radius 1 is 1.00 bits per heavy atom. The number of azide groups is 1. The van der Waals surface area contributed by atoms with Gasteiger partial charge in [0.1, 0.15) is 18.1 Å². The van der Waals surface area contributed by atoms with Gasteiger partial charge in [0.2, 0.25) is 6.29 Å². The summed E-state index contributed by atoms with van der Waals surface area (Å²) in [4.78, 5) is 61.8. The molecule has 0 saturated carbocycles. The minimum absolute atomic E-state index is 0.00713. The average Bonchev–Trinajstić information content (AvgIpc) is 2.90. The topological polar surface area (TPSA) is 241 Å². The third-order valence-corrected chi connectivity index (χ3v) is 6.03.